The maximum Gasteiger partial charge on any atom is 0.228 e. The summed E-state index contributed by atoms with van der Waals surface area (Å²) in [6, 6.07) is 8.17. The number of halogens is 2. The lowest BCUT2D eigenvalue weighted by Gasteiger charge is -2.31. The van der Waals surface area contributed by atoms with Gasteiger partial charge in [0.2, 0.25) is 11.8 Å². The van der Waals surface area contributed by atoms with Gasteiger partial charge in [-0.3, -0.25) is 9.59 Å². The summed E-state index contributed by atoms with van der Waals surface area (Å²) in [7, 11) is 0. The Kier molecular flexibility index (Phi) is 6.69. The highest BCUT2D eigenvalue weighted by molar-refractivity contribution is 6.40. The van der Waals surface area contributed by atoms with Crippen molar-refractivity contribution in [3.63, 3.8) is 0 Å². The van der Waals surface area contributed by atoms with Crippen LogP contribution in [0.15, 0.2) is 47.5 Å². The quantitative estimate of drug-likeness (QED) is 0.496. The normalized spacial score (nSPS) is 29.2. The van der Waals surface area contributed by atoms with Crippen LogP contribution in [0.4, 0.5) is 0 Å². The van der Waals surface area contributed by atoms with E-state index < -0.39 is 16.7 Å². The molecule has 0 spiro atoms. The van der Waals surface area contributed by atoms with Crippen molar-refractivity contribution in [2.75, 3.05) is 0 Å². The summed E-state index contributed by atoms with van der Waals surface area (Å²) in [6.45, 7) is 6.04. The smallest absolute Gasteiger partial charge is 0.228 e. The number of nitrogens with two attached hydrogens (primary N) is 1. The van der Waals surface area contributed by atoms with E-state index in [-0.39, 0.29) is 17.4 Å². The molecule has 162 valence electrons. The van der Waals surface area contributed by atoms with Crippen molar-refractivity contribution in [2.45, 2.75) is 62.8 Å². The summed E-state index contributed by atoms with van der Waals surface area (Å²) in [5.41, 5.74) is 7.27. The van der Waals surface area contributed by atoms with Gasteiger partial charge in [0.1, 0.15) is 4.87 Å². The molecule has 3 N–H and O–H groups in total. The first kappa shape index (κ1) is 22.9. The van der Waals surface area contributed by atoms with Gasteiger partial charge in [-0.1, -0.05) is 54.1 Å². The molecule has 0 saturated heterocycles. The number of benzene rings is 1. The first-order chi connectivity index (χ1) is 14.0. The maximum atomic E-state index is 12.4. The molecule has 2 atom stereocenters. The molecule has 0 unspecified atom stereocenters. The van der Waals surface area contributed by atoms with E-state index in [9.17, 15) is 9.59 Å². The molecule has 1 aromatic rings. The predicted octanol–water partition coefficient (Wildman–Crippen LogP) is 5.10. The molecule has 4 nitrogen and oxygen atoms in total. The molecule has 0 aromatic heterocycles. The standard InChI is InChI=1S/C24H30Cl2N2O2/c1-23(2,3)28-22(30)17-6-4-15(5-7-17)16-8-10-19(11-9-16)24(26)13-12-18(21(27)29)14-20(24)25/h8-15,17-18H,4-7H2,1-3H3,(H2,27,29)(H,28,30)/t15?,17?,18-,24+/m1/s1. The van der Waals surface area contributed by atoms with E-state index >= 15 is 0 Å². The van der Waals surface area contributed by atoms with Gasteiger partial charge in [-0.15, -0.1) is 11.6 Å². The number of allylic oxidation sites excluding steroid dienone is 2. The number of carbonyl (C=O) groups is 2. The van der Waals surface area contributed by atoms with Crippen molar-refractivity contribution in [1.82, 2.24) is 5.32 Å². The zero-order chi connectivity index (χ0) is 22.1. The van der Waals surface area contributed by atoms with Crippen LogP contribution in [0.5, 0.6) is 0 Å². The second-order valence-corrected chi connectivity index (χ2v) is 10.4. The van der Waals surface area contributed by atoms with Gasteiger partial charge >= 0.3 is 0 Å². The highest BCUT2D eigenvalue weighted by Crippen LogP contribution is 2.44. The summed E-state index contributed by atoms with van der Waals surface area (Å²) < 4.78 is 0. The molecule has 30 heavy (non-hydrogen) atoms. The minimum absolute atomic E-state index is 0.0976. The van der Waals surface area contributed by atoms with Gasteiger partial charge in [-0.25, -0.2) is 0 Å². The van der Waals surface area contributed by atoms with Gasteiger partial charge < -0.3 is 11.1 Å². The van der Waals surface area contributed by atoms with E-state index in [4.69, 9.17) is 28.9 Å². The zero-order valence-corrected chi connectivity index (χ0v) is 19.3. The summed E-state index contributed by atoms with van der Waals surface area (Å²) in [5.74, 6) is -0.281. The van der Waals surface area contributed by atoms with Gasteiger partial charge in [-0.05, 0) is 63.5 Å². The third-order valence-corrected chi connectivity index (χ3v) is 7.00. The van der Waals surface area contributed by atoms with Crippen LogP contribution in [-0.4, -0.2) is 17.4 Å². The molecule has 6 heteroatoms. The van der Waals surface area contributed by atoms with Gasteiger partial charge in [0.25, 0.3) is 0 Å². The Balaban J connectivity index is 1.65. The highest BCUT2D eigenvalue weighted by atomic mass is 35.5. The molecule has 2 amide bonds. The summed E-state index contributed by atoms with van der Waals surface area (Å²) >= 11 is 13.2. The van der Waals surface area contributed by atoms with E-state index in [0.29, 0.717) is 11.0 Å². The minimum Gasteiger partial charge on any atom is -0.369 e. The summed E-state index contributed by atoms with van der Waals surface area (Å²) in [4.78, 5) is 22.9. The van der Waals surface area contributed by atoms with E-state index in [0.717, 1.165) is 31.2 Å². The summed E-state index contributed by atoms with van der Waals surface area (Å²) in [6.07, 6.45) is 8.83. The molecule has 1 saturated carbocycles. The maximum absolute atomic E-state index is 12.4. The van der Waals surface area contributed by atoms with Crippen molar-refractivity contribution >= 4 is 35.0 Å². The fourth-order valence-corrected chi connectivity index (χ4v) is 4.79. The molecule has 2 aliphatic rings. The first-order valence-corrected chi connectivity index (χ1v) is 11.2. The van der Waals surface area contributed by atoms with Gasteiger partial charge in [0, 0.05) is 16.5 Å². The lowest BCUT2D eigenvalue weighted by atomic mass is 9.77. The third kappa shape index (κ3) is 5.09. The van der Waals surface area contributed by atoms with E-state index in [1.165, 1.54) is 5.56 Å². The van der Waals surface area contributed by atoms with Gasteiger partial charge in [-0.2, -0.15) is 0 Å². The number of rotatable bonds is 4. The zero-order valence-electron chi connectivity index (χ0n) is 17.8. The number of hydrogen-bond acceptors (Lipinski definition) is 2. The molecule has 0 radical (unpaired) electrons. The van der Waals surface area contributed by atoms with E-state index in [2.05, 4.69) is 17.4 Å². The Morgan fingerprint density at radius 1 is 1.10 bits per heavy atom. The molecule has 0 heterocycles. The van der Waals surface area contributed by atoms with Crippen LogP contribution >= 0.6 is 23.2 Å². The van der Waals surface area contributed by atoms with Gasteiger partial charge in [0.05, 0.1) is 5.92 Å². The number of alkyl halides is 1. The lowest BCUT2D eigenvalue weighted by molar-refractivity contribution is -0.127. The number of hydrogen-bond donors (Lipinski definition) is 2. The average Bonchev–Trinajstić information content (AvgIpc) is 2.69. The molecule has 0 aliphatic heterocycles. The Morgan fingerprint density at radius 3 is 2.20 bits per heavy atom. The monoisotopic (exact) mass is 448 g/mol. The number of primary amides is 1. The van der Waals surface area contributed by atoms with Gasteiger partial charge in [0.15, 0.2) is 0 Å². The van der Waals surface area contributed by atoms with E-state index in [1.54, 1.807) is 18.2 Å². The van der Waals surface area contributed by atoms with Crippen molar-refractivity contribution < 1.29 is 9.59 Å². The van der Waals surface area contributed by atoms with Crippen LogP contribution in [0.3, 0.4) is 0 Å². The summed E-state index contributed by atoms with van der Waals surface area (Å²) in [5, 5.41) is 3.48. The van der Waals surface area contributed by atoms with Crippen LogP contribution in [0.1, 0.15) is 63.5 Å². The third-order valence-electron chi connectivity index (χ3n) is 5.93. The van der Waals surface area contributed by atoms with E-state index in [1.807, 2.05) is 32.9 Å². The van der Waals surface area contributed by atoms with Crippen LogP contribution in [0, 0.1) is 11.8 Å². The number of carbonyl (C=O) groups excluding carboxylic acids is 2. The van der Waals surface area contributed by atoms with Crippen molar-refractivity contribution in [3.05, 3.63) is 58.7 Å². The Labute approximate surface area is 188 Å². The largest absolute Gasteiger partial charge is 0.369 e. The van der Waals surface area contributed by atoms with Crippen molar-refractivity contribution in [2.24, 2.45) is 17.6 Å². The fourth-order valence-electron chi connectivity index (χ4n) is 4.22. The molecule has 3 rings (SSSR count). The lowest BCUT2D eigenvalue weighted by Crippen LogP contribution is -2.44. The Morgan fingerprint density at radius 2 is 1.70 bits per heavy atom. The SMILES string of the molecule is CC(C)(C)NC(=O)C1CCC(c2ccc([C@@]3(Cl)C=C[C@@H](C(N)=O)C=C3Cl)cc2)CC1. The first-order valence-electron chi connectivity index (χ1n) is 10.5. The molecular weight excluding hydrogens is 419 g/mol. The molecule has 2 aliphatic carbocycles. The molecular formula is C24H30Cl2N2O2. The number of nitrogens with one attached hydrogen (secondary N) is 1. The second kappa shape index (κ2) is 8.76. The molecule has 0 bridgehead atoms. The van der Waals surface area contributed by atoms with Crippen molar-refractivity contribution in [1.29, 1.82) is 0 Å². The van der Waals surface area contributed by atoms with Crippen LogP contribution in [-0.2, 0) is 14.5 Å². The molecule has 1 fully saturated rings. The van der Waals surface area contributed by atoms with Crippen LogP contribution in [0.25, 0.3) is 0 Å². The average molecular weight is 449 g/mol. The van der Waals surface area contributed by atoms with Crippen LogP contribution < -0.4 is 11.1 Å². The Hall–Kier alpha value is -1.78. The molecule has 1 aromatic carbocycles. The van der Waals surface area contributed by atoms with Crippen LogP contribution in [0.2, 0.25) is 0 Å². The van der Waals surface area contributed by atoms with Crippen molar-refractivity contribution in [3.8, 4) is 0 Å². The highest BCUT2D eigenvalue weighted by Gasteiger charge is 2.35. The second-order valence-electron chi connectivity index (χ2n) is 9.42. The fraction of sp³-hybridized carbons (Fsp3) is 0.500. The predicted molar refractivity (Wildman–Crippen MR) is 122 cm³/mol. The topological polar surface area (TPSA) is 72.2 Å². The number of amides is 2. The minimum atomic E-state index is -0.977. The Bertz CT molecular complexity index is 862.